The molecule has 0 atom stereocenters. The molecule has 0 spiro atoms. The van der Waals surface area contributed by atoms with Crippen LogP contribution in [0, 0.1) is 13.8 Å². The molecule has 0 unspecified atom stereocenters. The third-order valence-electron chi connectivity index (χ3n) is 6.16. The van der Waals surface area contributed by atoms with Crippen molar-refractivity contribution in [2.75, 3.05) is 14.1 Å². The van der Waals surface area contributed by atoms with Crippen LogP contribution >= 0.6 is 0 Å². The van der Waals surface area contributed by atoms with Crippen molar-refractivity contribution < 1.29 is 13.2 Å². The number of imidazole rings is 1. The van der Waals surface area contributed by atoms with Crippen molar-refractivity contribution in [1.29, 1.82) is 0 Å². The molecular weight excluding hydrogens is 438 g/mol. The predicted octanol–water partition coefficient (Wildman–Crippen LogP) is 3.17. The summed E-state index contributed by atoms with van der Waals surface area (Å²) in [7, 11) is 1.35. The van der Waals surface area contributed by atoms with Crippen LogP contribution in [-0.4, -0.2) is 47.3 Å². The number of carbonyl (C=O) groups is 1. The Morgan fingerprint density at radius 1 is 1.15 bits per heavy atom. The van der Waals surface area contributed by atoms with E-state index >= 15 is 0 Å². The first-order chi connectivity index (χ1) is 15.6. The van der Waals surface area contributed by atoms with Crippen molar-refractivity contribution in [2.24, 2.45) is 7.05 Å². The fourth-order valence-corrected chi connectivity index (χ4v) is 4.88. The topological polar surface area (TPSA) is 100 Å². The molecule has 2 heterocycles. The number of carbonyl (C=O) groups excluding carboxylic acids is 1. The Hall–Kier alpha value is -3.17. The molecule has 33 heavy (non-hydrogen) atoms. The average Bonchev–Trinajstić information content (AvgIpc) is 3.25. The van der Waals surface area contributed by atoms with Crippen molar-refractivity contribution >= 4 is 37.9 Å². The van der Waals surface area contributed by atoms with Crippen molar-refractivity contribution in [1.82, 2.24) is 24.2 Å². The van der Waals surface area contributed by atoms with Gasteiger partial charge in [0, 0.05) is 57.1 Å². The highest BCUT2D eigenvalue weighted by Crippen LogP contribution is 2.23. The molecule has 4 aromatic rings. The van der Waals surface area contributed by atoms with Gasteiger partial charge in [0.15, 0.2) is 0 Å². The molecule has 174 valence electrons. The number of fused-ring (bicyclic) bond motifs is 2. The van der Waals surface area contributed by atoms with Gasteiger partial charge in [-0.05, 0) is 55.3 Å². The highest BCUT2D eigenvalue weighted by molar-refractivity contribution is 7.89. The van der Waals surface area contributed by atoms with Gasteiger partial charge in [-0.2, -0.15) is 0 Å². The van der Waals surface area contributed by atoms with Crippen LogP contribution < -0.4 is 5.32 Å². The van der Waals surface area contributed by atoms with Gasteiger partial charge in [0.2, 0.25) is 15.9 Å². The molecule has 1 amide bonds. The van der Waals surface area contributed by atoms with Gasteiger partial charge < -0.3 is 14.9 Å². The number of hydrogen-bond acceptors (Lipinski definition) is 4. The first-order valence-electron chi connectivity index (χ1n) is 10.8. The SMILES string of the molecule is Cc1[nH]c2ccc(CNC(=O)CCc3nc4cc(S(=O)(=O)N(C)C)ccc4n3C)cc2c1C. The Labute approximate surface area is 193 Å². The standard InChI is InChI=1S/C24H29N5O3S/c1-15-16(2)26-20-8-6-17(12-19(15)20)14-25-24(30)11-10-23-27-21-13-18(33(31,32)28(3)4)7-9-22(21)29(23)5/h6-9,12-13,26H,10-11,14H2,1-5H3,(H,25,30). The van der Waals surface area contributed by atoms with E-state index in [1.807, 2.05) is 23.7 Å². The lowest BCUT2D eigenvalue weighted by Gasteiger charge is -2.10. The van der Waals surface area contributed by atoms with Crippen molar-refractivity contribution in [3.05, 3.63) is 59.0 Å². The molecule has 0 saturated heterocycles. The fraction of sp³-hybridized carbons (Fsp3) is 0.333. The summed E-state index contributed by atoms with van der Waals surface area (Å²) in [6, 6.07) is 11.1. The second-order valence-corrected chi connectivity index (χ2v) is 10.7. The zero-order chi connectivity index (χ0) is 23.9. The number of benzene rings is 2. The van der Waals surface area contributed by atoms with E-state index in [1.54, 1.807) is 18.2 Å². The number of nitrogens with one attached hydrogen (secondary N) is 2. The molecular formula is C24H29N5O3S. The zero-order valence-corrected chi connectivity index (χ0v) is 20.4. The normalized spacial score (nSPS) is 12.2. The summed E-state index contributed by atoms with van der Waals surface area (Å²) >= 11 is 0. The van der Waals surface area contributed by atoms with E-state index in [1.165, 1.54) is 29.4 Å². The summed E-state index contributed by atoms with van der Waals surface area (Å²) in [6.45, 7) is 4.61. The highest BCUT2D eigenvalue weighted by atomic mass is 32.2. The molecule has 2 aromatic carbocycles. The third kappa shape index (κ3) is 4.38. The molecule has 9 heteroatoms. The van der Waals surface area contributed by atoms with Crippen molar-refractivity contribution in [2.45, 2.75) is 38.1 Å². The summed E-state index contributed by atoms with van der Waals surface area (Å²) in [5.74, 6) is 0.680. The van der Waals surface area contributed by atoms with Gasteiger partial charge in [-0.25, -0.2) is 17.7 Å². The lowest BCUT2D eigenvalue weighted by atomic mass is 10.1. The number of H-pyrrole nitrogens is 1. The van der Waals surface area contributed by atoms with Gasteiger partial charge in [0.25, 0.3) is 0 Å². The van der Waals surface area contributed by atoms with Crippen molar-refractivity contribution in [3.8, 4) is 0 Å². The third-order valence-corrected chi connectivity index (χ3v) is 7.97. The van der Waals surface area contributed by atoms with E-state index < -0.39 is 10.0 Å². The first-order valence-corrected chi connectivity index (χ1v) is 12.2. The number of amides is 1. The molecule has 0 saturated carbocycles. The van der Waals surface area contributed by atoms with E-state index in [9.17, 15) is 13.2 Å². The summed E-state index contributed by atoms with van der Waals surface area (Å²) in [4.78, 5) is 20.6. The van der Waals surface area contributed by atoms with Crippen LogP contribution in [-0.2, 0) is 34.8 Å². The number of hydrogen-bond donors (Lipinski definition) is 2. The van der Waals surface area contributed by atoms with Crippen LogP contribution in [0.5, 0.6) is 0 Å². The Morgan fingerprint density at radius 3 is 2.64 bits per heavy atom. The molecule has 0 fully saturated rings. The van der Waals surface area contributed by atoms with E-state index in [0.717, 1.165) is 28.1 Å². The molecule has 0 radical (unpaired) electrons. The maximum Gasteiger partial charge on any atom is 0.242 e. The monoisotopic (exact) mass is 467 g/mol. The Morgan fingerprint density at radius 2 is 1.91 bits per heavy atom. The lowest BCUT2D eigenvalue weighted by Crippen LogP contribution is -2.23. The maximum atomic E-state index is 12.5. The number of aromatic nitrogens is 3. The van der Waals surface area contributed by atoms with Crippen LogP contribution in [0.4, 0.5) is 0 Å². The summed E-state index contributed by atoms with van der Waals surface area (Å²) in [5, 5.41) is 4.16. The van der Waals surface area contributed by atoms with Gasteiger partial charge in [-0.15, -0.1) is 0 Å². The second-order valence-electron chi connectivity index (χ2n) is 8.56. The summed E-state index contributed by atoms with van der Waals surface area (Å²) in [6.07, 6.45) is 0.756. The van der Waals surface area contributed by atoms with Crippen LogP contribution in [0.1, 0.15) is 29.1 Å². The molecule has 0 aliphatic rings. The van der Waals surface area contributed by atoms with Gasteiger partial charge in [0.05, 0.1) is 15.9 Å². The summed E-state index contributed by atoms with van der Waals surface area (Å²) in [5.41, 5.74) is 5.95. The van der Waals surface area contributed by atoms with Crippen molar-refractivity contribution in [3.63, 3.8) is 0 Å². The van der Waals surface area contributed by atoms with E-state index in [-0.39, 0.29) is 10.8 Å². The second kappa shape index (κ2) is 8.64. The number of sulfonamides is 1. The summed E-state index contributed by atoms with van der Waals surface area (Å²) < 4.78 is 27.9. The smallest absolute Gasteiger partial charge is 0.242 e. The minimum absolute atomic E-state index is 0.0556. The molecule has 0 aliphatic heterocycles. The molecule has 2 N–H and O–H groups in total. The molecule has 0 aliphatic carbocycles. The van der Waals surface area contributed by atoms with E-state index in [2.05, 4.69) is 35.2 Å². The molecule has 0 bridgehead atoms. The van der Waals surface area contributed by atoms with Crippen LogP contribution in [0.2, 0.25) is 0 Å². The van der Waals surface area contributed by atoms with Gasteiger partial charge >= 0.3 is 0 Å². The van der Waals surface area contributed by atoms with E-state index in [0.29, 0.717) is 24.9 Å². The quantitative estimate of drug-likeness (QED) is 0.436. The Kier molecular flexibility index (Phi) is 6.02. The number of nitrogens with zero attached hydrogens (tertiary/aromatic N) is 3. The first kappa shape index (κ1) is 23.0. The number of aryl methyl sites for hydroxylation is 4. The average molecular weight is 468 g/mol. The minimum Gasteiger partial charge on any atom is -0.358 e. The van der Waals surface area contributed by atoms with Gasteiger partial charge in [-0.3, -0.25) is 4.79 Å². The Bertz CT molecular complexity index is 1460. The molecule has 8 nitrogen and oxygen atoms in total. The van der Waals surface area contributed by atoms with Gasteiger partial charge in [-0.1, -0.05) is 6.07 Å². The van der Waals surface area contributed by atoms with Crippen LogP contribution in [0.3, 0.4) is 0 Å². The predicted molar refractivity (Wildman–Crippen MR) is 130 cm³/mol. The highest BCUT2D eigenvalue weighted by Gasteiger charge is 2.19. The largest absolute Gasteiger partial charge is 0.358 e. The number of rotatable bonds is 7. The Balaban J connectivity index is 1.42. The number of aromatic amines is 1. The van der Waals surface area contributed by atoms with E-state index in [4.69, 9.17) is 0 Å². The minimum atomic E-state index is -3.53. The molecule has 2 aromatic heterocycles. The van der Waals surface area contributed by atoms with Crippen LogP contribution in [0.15, 0.2) is 41.3 Å². The maximum absolute atomic E-state index is 12.5. The van der Waals surface area contributed by atoms with Gasteiger partial charge in [0.1, 0.15) is 5.82 Å². The van der Waals surface area contributed by atoms with Crippen LogP contribution in [0.25, 0.3) is 21.9 Å². The fourth-order valence-electron chi connectivity index (χ4n) is 3.96. The zero-order valence-electron chi connectivity index (χ0n) is 19.6. The molecule has 4 rings (SSSR count). The lowest BCUT2D eigenvalue weighted by molar-refractivity contribution is -0.121.